The van der Waals surface area contributed by atoms with Crippen LogP contribution in [0.2, 0.25) is 0 Å². The molecule has 0 aromatic carbocycles. The van der Waals surface area contributed by atoms with Gasteiger partial charge in [-0.05, 0) is 42.0 Å². The molecule has 3 nitrogen and oxygen atoms in total. The van der Waals surface area contributed by atoms with Crippen LogP contribution in [-0.4, -0.2) is 17.1 Å². The second-order valence-electron chi connectivity index (χ2n) is 3.81. The maximum absolute atomic E-state index is 5.18. The lowest BCUT2D eigenvalue weighted by atomic mass is 10.3. The van der Waals surface area contributed by atoms with Crippen molar-refractivity contribution < 1.29 is 4.52 Å². The summed E-state index contributed by atoms with van der Waals surface area (Å²) in [4.78, 5) is 3.55. The predicted octanol–water partition coefficient (Wildman–Crippen LogP) is 3.44. The second kappa shape index (κ2) is 5.12. The minimum absolute atomic E-state index is 0.788. The van der Waals surface area contributed by atoms with Crippen molar-refractivity contribution in [3.05, 3.63) is 38.3 Å². The van der Waals surface area contributed by atoms with E-state index in [2.05, 4.69) is 45.2 Å². The fraction of sp³-hybridized carbons (Fsp3) is 0.364. The molecule has 2 aromatic rings. The fourth-order valence-corrected chi connectivity index (χ4v) is 3.08. The molecular weight excluding hydrogens is 288 g/mol. The number of nitrogens with zero attached hydrogens (tertiary/aromatic N) is 2. The molecule has 0 amide bonds. The van der Waals surface area contributed by atoms with Gasteiger partial charge in [0.1, 0.15) is 0 Å². The Labute approximate surface area is 107 Å². The minimum Gasteiger partial charge on any atom is -0.360 e. The summed E-state index contributed by atoms with van der Waals surface area (Å²) in [6, 6.07) is 6.18. The summed E-state index contributed by atoms with van der Waals surface area (Å²) >= 11 is 5.22. The SMILES string of the molecule is Cc1cc(CN(C)Cc2ccc(Br)s2)on1. The lowest BCUT2D eigenvalue weighted by Crippen LogP contribution is -2.16. The van der Waals surface area contributed by atoms with Gasteiger partial charge < -0.3 is 4.52 Å². The summed E-state index contributed by atoms with van der Waals surface area (Å²) < 4.78 is 6.35. The molecule has 0 spiro atoms. The van der Waals surface area contributed by atoms with E-state index in [0.717, 1.165) is 24.5 Å². The highest BCUT2D eigenvalue weighted by Gasteiger charge is 2.07. The minimum atomic E-state index is 0.788. The first-order valence-electron chi connectivity index (χ1n) is 4.98. The number of halogens is 1. The molecule has 0 aliphatic carbocycles. The molecule has 0 fully saturated rings. The number of aryl methyl sites for hydroxylation is 1. The normalized spacial score (nSPS) is 11.2. The van der Waals surface area contributed by atoms with E-state index in [-0.39, 0.29) is 0 Å². The first-order chi connectivity index (χ1) is 7.63. The van der Waals surface area contributed by atoms with Crippen molar-refractivity contribution >= 4 is 27.3 Å². The molecule has 16 heavy (non-hydrogen) atoms. The number of hydrogen-bond acceptors (Lipinski definition) is 4. The van der Waals surface area contributed by atoms with Crippen LogP contribution in [0.5, 0.6) is 0 Å². The largest absolute Gasteiger partial charge is 0.360 e. The summed E-state index contributed by atoms with van der Waals surface area (Å²) in [5.41, 5.74) is 0.933. The first kappa shape index (κ1) is 11.8. The van der Waals surface area contributed by atoms with E-state index in [9.17, 15) is 0 Å². The van der Waals surface area contributed by atoms with Crippen LogP contribution in [0.1, 0.15) is 16.3 Å². The van der Waals surface area contributed by atoms with Gasteiger partial charge in [-0.15, -0.1) is 11.3 Å². The summed E-state index contributed by atoms with van der Waals surface area (Å²) in [5, 5.41) is 3.87. The van der Waals surface area contributed by atoms with Crippen molar-refractivity contribution in [2.45, 2.75) is 20.0 Å². The van der Waals surface area contributed by atoms with Gasteiger partial charge in [-0.3, -0.25) is 4.90 Å². The fourth-order valence-electron chi connectivity index (χ4n) is 1.52. The topological polar surface area (TPSA) is 29.3 Å². The van der Waals surface area contributed by atoms with Crippen LogP contribution in [0.15, 0.2) is 26.5 Å². The Balaban J connectivity index is 1.91. The highest BCUT2D eigenvalue weighted by atomic mass is 79.9. The number of thiophene rings is 1. The Kier molecular flexibility index (Phi) is 3.78. The van der Waals surface area contributed by atoms with Gasteiger partial charge in [-0.2, -0.15) is 0 Å². The lowest BCUT2D eigenvalue weighted by Gasteiger charge is -2.12. The van der Waals surface area contributed by atoms with Crippen LogP contribution in [0.3, 0.4) is 0 Å². The predicted molar refractivity (Wildman–Crippen MR) is 68.4 cm³/mol. The maximum atomic E-state index is 5.18. The van der Waals surface area contributed by atoms with Crippen LogP contribution in [-0.2, 0) is 13.1 Å². The van der Waals surface area contributed by atoms with Crippen molar-refractivity contribution in [3.8, 4) is 0 Å². The summed E-state index contributed by atoms with van der Waals surface area (Å²) in [5.74, 6) is 0.913. The molecule has 86 valence electrons. The Morgan fingerprint density at radius 3 is 2.81 bits per heavy atom. The Morgan fingerprint density at radius 1 is 1.44 bits per heavy atom. The number of hydrogen-bond donors (Lipinski definition) is 0. The standard InChI is InChI=1S/C11H13BrN2OS/c1-8-5-9(15-13-8)6-14(2)7-10-3-4-11(12)16-10/h3-5H,6-7H2,1-2H3. The van der Waals surface area contributed by atoms with E-state index >= 15 is 0 Å². The van der Waals surface area contributed by atoms with Crippen molar-refractivity contribution in [1.82, 2.24) is 10.1 Å². The zero-order valence-electron chi connectivity index (χ0n) is 9.24. The summed E-state index contributed by atoms with van der Waals surface area (Å²) in [7, 11) is 2.07. The summed E-state index contributed by atoms with van der Waals surface area (Å²) in [6.07, 6.45) is 0. The highest BCUT2D eigenvalue weighted by molar-refractivity contribution is 9.11. The average molecular weight is 301 g/mol. The van der Waals surface area contributed by atoms with Crippen LogP contribution in [0.25, 0.3) is 0 Å². The molecular formula is C11H13BrN2OS. The van der Waals surface area contributed by atoms with Gasteiger partial charge in [0, 0.05) is 17.5 Å². The monoisotopic (exact) mass is 300 g/mol. The molecule has 0 saturated heterocycles. The molecule has 0 aliphatic rings. The molecule has 0 saturated carbocycles. The van der Waals surface area contributed by atoms with Crippen molar-refractivity contribution in [1.29, 1.82) is 0 Å². The van der Waals surface area contributed by atoms with Gasteiger partial charge in [0.2, 0.25) is 0 Å². The Bertz CT molecular complexity index is 424. The Hall–Kier alpha value is -0.650. The van der Waals surface area contributed by atoms with E-state index in [1.165, 1.54) is 8.66 Å². The zero-order chi connectivity index (χ0) is 11.5. The molecule has 0 unspecified atom stereocenters. The third kappa shape index (κ3) is 3.17. The smallest absolute Gasteiger partial charge is 0.150 e. The third-order valence-corrected chi connectivity index (χ3v) is 3.77. The average Bonchev–Trinajstić information content (AvgIpc) is 2.76. The van der Waals surface area contributed by atoms with Gasteiger partial charge >= 0.3 is 0 Å². The molecule has 0 radical (unpaired) electrons. The van der Waals surface area contributed by atoms with Gasteiger partial charge in [0.15, 0.2) is 5.76 Å². The molecule has 5 heteroatoms. The summed E-state index contributed by atoms with van der Waals surface area (Å²) in [6.45, 7) is 3.65. The maximum Gasteiger partial charge on any atom is 0.150 e. The molecule has 0 bridgehead atoms. The first-order valence-corrected chi connectivity index (χ1v) is 6.59. The van der Waals surface area contributed by atoms with Crippen molar-refractivity contribution in [2.75, 3.05) is 7.05 Å². The molecule has 2 aromatic heterocycles. The lowest BCUT2D eigenvalue weighted by molar-refractivity contribution is 0.267. The van der Waals surface area contributed by atoms with Crippen LogP contribution in [0.4, 0.5) is 0 Å². The van der Waals surface area contributed by atoms with E-state index in [0.29, 0.717) is 0 Å². The third-order valence-electron chi connectivity index (χ3n) is 2.16. The second-order valence-corrected chi connectivity index (χ2v) is 6.36. The zero-order valence-corrected chi connectivity index (χ0v) is 11.6. The van der Waals surface area contributed by atoms with E-state index < -0.39 is 0 Å². The number of aromatic nitrogens is 1. The highest BCUT2D eigenvalue weighted by Crippen LogP contribution is 2.23. The van der Waals surface area contributed by atoms with Crippen molar-refractivity contribution in [3.63, 3.8) is 0 Å². The molecule has 2 heterocycles. The van der Waals surface area contributed by atoms with Crippen molar-refractivity contribution in [2.24, 2.45) is 0 Å². The molecule has 0 N–H and O–H groups in total. The molecule has 0 aliphatic heterocycles. The van der Waals surface area contributed by atoms with Crippen LogP contribution >= 0.6 is 27.3 Å². The van der Waals surface area contributed by atoms with Gasteiger partial charge in [0.25, 0.3) is 0 Å². The van der Waals surface area contributed by atoms with Crippen LogP contribution < -0.4 is 0 Å². The van der Waals surface area contributed by atoms with Gasteiger partial charge in [-0.1, -0.05) is 5.16 Å². The van der Waals surface area contributed by atoms with Gasteiger partial charge in [-0.25, -0.2) is 0 Å². The molecule has 0 atom stereocenters. The molecule has 2 rings (SSSR count). The quantitative estimate of drug-likeness (QED) is 0.866. The van der Waals surface area contributed by atoms with Crippen LogP contribution in [0, 0.1) is 6.92 Å². The van der Waals surface area contributed by atoms with E-state index in [1.54, 1.807) is 11.3 Å². The van der Waals surface area contributed by atoms with Gasteiger partial charge in [0.05, 0.1) is 16.0 Å². The van der Waals surface area contributed by atoms with E-state index in [1.807, 2.05) is 13.0 Å². The van der Waals surface area contributed by atoms with E-state index in [4.69, 9.17) is 4.52 Å². The number of rotatable bonds is 4. The Morgan fingerprint density at radius 2 is 2.25 bits per heavy atom.